The van der Waals surface area contributed by atoms with Gasteiger partial charge in [0.2, 0.25) is 5.75 Å². The Morgan fingerprint density at radius 1 is 0.969 bits per heavy atom. The summed E-state index contributed by atoms with van der Waals surface area (Å²) in [6, 6.07) is 18.0. The number of ether oxygens (including phenoxy) is 3. The number of aromatic nitrogens is 2. The van der Waals surface area contributed by atoms with E-state index in [4.69, 9.17) is 25.8 Å². The number of para-hydroxylation sites is 2. The van der Waals surface area contributed by atoms with Gasteiger partial charge in [-0.15, -0.1) is 0 Å². The Hall–Kier alpha value is -3.71. The third-order valence-corrected chi connectivity index (χ3v) is 5.26. The van der Waals surface area contributed by atoms with Crippen molar-refractivity contribution in [1.29, 1.82) is 0 Å². The summed E-state index contributed by atoms with van der Waals surface area (Å²) >= 11 is 6.14. The number of imidazole rings is 1. The van der Waals surface area contributed by atoms with Gasteiger partial charge < -0.3 is 24.1 Å². The van der Waals surface area contributed by atoms with Gasteiger partial charge in [-0.3, -0.25) is 4.79 Å². The summed E-state index contributed by atoms with van der Waals surface area (Å²) in [6.07, 6.45) is 0. The third-order valence-electron chi connectivity index (χ3n) is 5.02. The molecule has 1 heterocycles. The molecule has 32 heavy (non-hydrogen) atoms. The number of anilines is 1. The second-order valence-electron chi connectivity index (χ2n) is 6.99. The number of hydrogen-bond acceptors (Lipinski definition) is 5. The maximum Gasteiger partial charge on any atom is 0.258 e. The van der Waals surface area contributed by atoms with E-state index in [9.17, 15) is 4.79 Å². The molecule has 4 aromatic rings. The van der Waals surface area contributed by atoms with Gasteiger partial charge in [-0.1, -0.05) is 29.8 Å². The molecule has 1 amide bonds. The molecule has 0 saturated carbocycles. The lowest BCUT2D eigenvalue weighted by Gasteiger charge is -2.24. The Bertz CT molecular complexity index is 1210. The van der Waals surface area contributed by atoms with Gasteiger partial charge in [0.15, 0.2) is 11.5 Å². The molecular formula is C24H22ClN3O4. The maximum absolute atomic E-state index is 13.6. The molecule has 7 nitrogen and oxygen atoms in total. The first-order chi connectivity index (χ1) is 15.5. The SMILES string of the molecule is COc1cc(N(Cc2nc3ccccc3[nH]2)C(=O)c2cccc(Cl)c2)cc(OC)c1OC. The Morgan fingerprint density at radius 3 is 2.31 bits per heavy atom. The minimum atomic E-state index is -0.248. The predicted molar refractivity (Wildman–Crippen MR) is 124 cm³/mol. The number of rotatable bonds is 7. The number of amides is 1. The Kier molecular flexibility index (Phi) is 6.18. The Morgan fingerprint density at radius 2 is 1.69 bits per heavy atom. The van der Waals surface area contributed by atoms with Gasteiger partial charge in [-0.2, -0.15) is 0 Å². The van der Waals surface area contributed by atoms with Gasteiger partial charge >= 0.3 is 0 Å². The van der Waals surface area contributed by atoms with Crippen molar-refractivity contribution in [2.24, 2.45) is 0 Å². The molecule has 0 unspecified atom stereocenters. The zero-order chi connectivity index (χ0) is 22.7. The van der Waals surface area contributed by atoms with Crippen molar-refractivity contribution in [2.75, 3.05) is 26.2 Å². The number of aromatic amines is 1. The molecule has 0 atom stereocenters. The van der Waals surface area contributed by atoms with Gasteiger partial charge in [0.05, 0.1) is 44.6 Å². The van der Waals surface area contributed by atoms with Crippen molar-refractivity contribution >= 4 is 34.2 Å². The number of nitrogens with zero attached hydrogens (tertiary/aromatic N) is 2. The molecule has 0 aliphatic carbocycles. The number of carbonyl (C=O) groups excluding carboxylic acids is 1. The lowest BCUT2D eigenvalue weighted by molar-refractivity contribution is 0.0984. The fourth-order valence-electron chi connectivity index (χ4n) is 3.51. The molecule has 4 rings (SSSR count). The minimum Gasteiger partial charge on any atom is -0.493 e. The lowest BCUT2D eigenvalue weighted by Crippen LogP contribution is -2.31. The average Bonchev–Trinajstić information content (AvgIpc) is 3.23. The van der Waals surface area contributed by atoms with Crippen LogP contribution in [0.25, 0.3) is 11.0 Å². The topological polar surface area (TPSA) is 76.7 Å². The van der Waals surface area contributed by atoms with Crippen molar-refractivity contribution < 1.29 is 19.0 Å². The molecule has 0 spiro atoms. The molecule has 0 fully saturated rings. The molecule has 0 saturated heterocycles. The number of fused-ring (bicyclic) bond motifs is 1. The van der Waals surface area contributed by atoms with Crippen LogP contribution >= 0.6 is 11.6 Å². The highest BCUT2D eigenvalue weighted by Crippen LogP contribution is 2.41. The quantitative estimate of drug-likeness (QED) is 0.423. The molecule has 1 N–H and O–H groups in total. The summed E-state index contributed by atoms with van der Waals surface area (Å²) in [5.74, 6) is 1.71. The molecule has 0 bridgehead atoms. The molecule has 0 aliphatic heterocycles. The predicted octanol–water partition coefficient (Wildman–Crippen LogP) is 5.09. The first-order valence-electron chi connectivity index (χ1n) is 9.85. The first-order valence-corrected chi connectivity index (χ1v) is 10.2. The number of methoxy groups -OCH3 is 3. The second kappa shape index (κ2) is 9.20. The van der Waals surface area contributed by atoms with E-state index in [0.717, 1.165) is 11.0 Å². The van der Waals surface area contributed by atoms with E-state index in [2.05, 4.69) is 9.97 Å². The Labute approximate surface area is 190 Å². The third kappa shape index (κ3) is 4.20. The fraction of sp³-hybridized carbons (Fsp3) is 0.167. The number of nitrogens with one attached hydrogen (secondary N) is 1. The highest BCUT2D eigenvalue weighted by molar-refractivity contribution is 6.31. The van der Waals surface area contributed by atoms with E-state index >= 15 is 0 Å². The fourth-order valence-corrected chi connectivity index (χ4v) is 3.70. The van der Waals surface area contributed by atoms with Crippen LogP contribution in [0.4, 0.5) is 5.69 Å². The number of hydrogen-bond donors (Lipinski definition) is 1. The van der Waals surface area contributed by atoms with Crippen LogP contribution in [0, 0.1) is 0 Å². The van der Waals surface area contributed by atoms with E-state index in [-0.39, 0.29) is 12.5 Å². The van der Waals surface area contributed by atoms with Crippen molar-refractivity contribution in [2.45, 2.75) is 6.54 Å². The Balaban J connectivity index is 1.82. The zero-order valence-electron chi connectivity index (χ0n) is 17.9. The molecule has 0 radical (unpaired) electrons. The van der Waals surface area contributed by atoms with Gasteiger partial charge in [0, 0.05) is 22.7 Å². The van der Waals surface area contributed by atoms with Gasteiger partial charge in [-0.05, 0) is 30.3 Å². The van der Waals surface area contributed by atoms with Crippen LogP contribution in [0.15, 0.2) is 60.7 Å². The summed E-state index contributed by atoms with van der Waals surface area (Å²) in [6.45, 7) is 0.193. The van der Waals surface area contributed by atoms with Crippen LogP contribution in [-0.2, 0) is 6.54 Å². The van der Waals surface area contributed by atoms with Gasteiger partial charge in [0.25, 0.3) is 5.91 Å². The molecule has 1 aromatic heterocycles. The first kappa shape index (κ1) is 21.5. The van der Waals surface area contributed by atoms with E-state index in [1.54, 1.807) is 41.3 Å². The van der Waals surface area contributed by atoms with Crippen molar-refractivity contribution in [3.8, 4) is 17.2 Å². The number of benzene rings is 3. The normalized spacial score (nSPS) is 10.8. The highest BCUT2D eigenvalue weighted by Gasteiger charge is 2.24. The van der Waals surface area contributed by atoms with E-state index < -0.39 is 0 Å². The lowest BCUT2D eigenvalue weighted by atomic mass is 10.1. The molecule has 164 valence electrons. The molecule has 0 aliphatic rings. The van der Waals surface area contributed by atoms with E-state index in [0.29, 0.717) is 39.3 Å². The van der Waals surface area contributed by atoms with Gasteiger partial charge in [0.1, 0.15) is 5.82 Å². The smallest absolute Gasteiger partial charge is 0.258 e. The minimum absolute atomic E-state index is 0.193. The van der Waals surface area contributed by atoms with E-state index in [1.165, 1.54) is 21.3 Å². The summed E-state index contributed by atoms with van der Waals surface area (Å²) in [5, 5.41) is 0.476. The molecule has 8 heteroatoms. The molecule has 3 aromatic carbocycles. The van der Waals surface area contributed by atoms with Crippen LogP contribution in [0.5, 0.6) is 17.2 Å². The van der Waals surface area contributed by atoms with Crippen LogP contribution in [0.2, 0.25) is 5.02 Å². The maximum atomic E-state index is 13.6. The highest BCUT2D eigenvalue weighted by atomic mass is 35.5. The van der Waals surface area contributed by atoms with Crippen LogP contribution in [0.1, 0.15) is 16.2 Å². The number of halogens is 1. The number of H-pyrrole nitrogens is 1. The van der Waals surface area contributed by atoms with Crippen LogP contribution in [0.3, 0.4) is 0 Å². The number of carbonyl (C=O) groups is 1. The second-order valence-corrected chi connectivity index (χ2v) is 7.42. The van der Waals surface area contributed by atoms with Gasteiger partial charge in [-0.25, -0.2) is 4.98 Å². The van der Waals surface area contributed by atoms with Crippen molar-refractivity contribution in [3.63, 3.8) is 0 Å². The van der Waals surface area contributed by atoms with E-state index in [1.807, 2.05) is 24.3 Å². The monoisotopic (exact) mass is 451 g/mol. The largest absolute Gasteiger partial charge is 0.493 e. The summed E-state index contributed by atoms with van der Waals surface area (Å²) in [7, 11) is 4.59. The van der Waals surface area contributed by atoms with Crippen molar-refractivity contribution in [1.82, 2.24) is 9.97 Å². The standard InChI is InChI=1S/C24H22ClN3O4/c1-30-20-12-17(13-21(31-2)23(20)32-3)28(24(29)15-7-6-8-16(25)11-15)14-22-26-18-9-4-5-10-19(18)27-22/h4-13H,14H2,1-3H3,(H,26,27). The van der Waals surface area contributed by atoms with Crippen LogP contribution in [-0.4, -0.2) is 37.2 Å². The summed E-state index contributed by atoms with van der Waals surface area (Å²) in [5.41, 5.74) is 2.72. The summed E-state index contributed by atoms with van der Waals surface area (Å²) in [4.78, 5) is 23.1. The van der Waals surface area contributed by atoms with Crippen LogP contribution < -0.4 is 19.1 Å². The molecular weight excluding hydrogens is 430 g/mol. The summed E-state index contributed by atoms with van der Waals surface area (Å²) < 4.78 is 16.4. The van der Waals surface area contributed by atoms with Crippen molar-refractivity contribution in [3.05, 3.63) is 77.1 Å². The zero-order valence-corrected chi connectivity index (χ0v) is 18.6. The average molecular weight is 452 g/mol.